The Labute approximate surface area is 133 Å². The number of nitrogens with zero attached hydrogens (tertiary/aromatic N) is 1. The molecule has 3 rings (SSSR count). The maximum Gasteiger partial charge on any atom is 0.270 e. The van der Waals surface area contributed by atoms with Crippen molar-refractivity contribution >= 4 is 11.6 Å². The highest BCUT2D eigenvalue weighted by Crippen LogP contribution is 2.22. The topological polar surface area (TPSA) is 54.0 Å². The van der Waals surface area contributed by atoms with Crippen LogP contribution in [0.5, 0.6) is 0 Å². The van der Waals surface area contributed by atoms with Gasteiger partial charge in [0.25, 0.3) is 5.91 Å². The zero-order valence-corrected chi connectivity index (χ0v) is 13.3. The van der Waals surface area contributed by atoms with Gasteiger partial charge in [0.2, 0.25) is 0 Å². The van der Waals surface area contributed by atoms with Crippen LogP contribution in [0.3, 0.4) is 0 Å². The number of rotatable bonds is 4. The van der Waals surface area contributed by atoms with Crippen LogP contribution >= 0.6 is 0 Å². The average molecular weight is 301 g/mol. The first-order valence-electron chi connectivity index (χ1n) is 8.85. The van der Waals surface area contributed by atoms with Gasteiger partial charge in [-0.15, -0.1) is 0 Å². The minimum atomic E-state index is -0.0284. The molecule has 120 valence electrons. The van der Waals surface area contributed by atoms with Gasteiger partial charge in [0.1, 0.15) is 5.69 Å². The van der Waals surface area contributed by atoms with Crippen LogP contribution in [0.25, 0.3) is 0 Å². The molecule has 0 bridgehead atoms. The van der Waals surface area contributed by atoms with Crippen molar-refractivity contribution in [2.75, 3.05) is 5.32 Å². The highest BCUT2D eigenvalue weighted by Gasteiger charge is 2.17. The normalized spacial score (nSPS) is 20.5. The number of amides is 1. The Morgan fingerprint density at radius 2 is 1.55 bits per heavy atom. The van der Waals surface area contributed by atoms with Crippen LogP contribution in [0.1, 0.15) is 74.7 Å². The molecule has 2 saturated carbocycles. The first kappa shape index (κ1) is 15.3. The molecule has 2 N–H and O–H groups in total. The summed E-state index contributed by atoms with van der Waals surface area (Å²) in [5.74, 6) is -0.0284. The minimum Gasteiger partial charge on any atom is -0.381 e. The van der Waals surface area contributed by atoms with Crippen LogP contribution in [0.2, 0.25) is 0 Å². The smallest absolute Gasteiger partial charge is 0.270 e. The lowest BCUT2D eigenvalue weighted by molar-refractivity contribution is 0.0928. The highest BCUT2D eigenvalue weighted by molar-refractivity contribution is 5.92. The molecule has 2 aliphatic carbocycles. The Bertz CT molecular complexity index is 472. The molecule has 0 spiro atoms. The summed E-state index contributed by atoms with van der Waals surface area (Å²) in [4.78, 5) is 16.6. The maximum absolute atomic E-state index is 12.3. The lowest BCUT2D eigenvalue weighted by Gasteiger charge is -2.16. The fourth-order valence-corrected chi connectivity index (χ4v) is 3.60. The minimum absolute atomic E-state index is 0.0284. The van der Waals surface area contributed by atoms with Crippen molar-refractivity contribution in [1.82, 2.24) is 10.3 Å². The van der Waals surface area contributed by atoms with Gasteiger partial charge in [0, 0.05) is 12.1 Å². The first-order chi connectivity index (χ1) is 10.8. The van der Waals surface area contributed by atoms with E-state index in [0.717, 1.165) is 18.5 Å². The predicted octanol–water partition coefficient (Wildman–Crippen LogP) is 3.89. The van der Waals surface area contributed by atoms with E-state index in [1.165, 1.54) is 51.4 Å². The number of carbonyl (C=O) groups is 1. The standard InChI is InChI=1S/C18H27N3O/c22-18(21-15-7-3-1-2-4-8-15)17-12-11-16(13-19-17)20-14-9-5-6-10-14/h11-15,20H,1-10H2,(H,21,22). The lowest BCUT2D eigenvalue weighted by Crippen LogP contribution is -2.34. The zero-order chi connectivity index (χ0) is 15.2. The number of carbonyl (C=O) groups excluding carboxylic acids is 1. The van der Waals surface area contributed by atoms with Crippen molar-refractivity contribution in [2.45, 2.75) is 76.3 Å². The van der Waals surface area contributed by atoms with Crippen molar-refractivity contribution in [3.05, 3.63) is 24.0 Å². The molecule has 0 atom stereocenters. The number of hydrogen-bond acceptors (Lipinski definition) is 3. The van der Waals surface area contributed by atoms with E-state index >= 15 is 0 Å². The molecule has 1 amide bonds. The van der Waals surface area contributed by atoms with Gasteiger partial charge in [-0.3, -0.25) is 4.79 Å². The monoisotopic (exact) mass is 301 g/mol. The van der Waals surface area contributed by atoms with Crippen LogP contribution in [-0.2, 0) is 0 Å². The number of anilines is 1. The summed E-state index contributed by atoms with van der Waals surface area (Å²) in [6, 6.07) is 4.72. The van der Waals surface area contributed by atoms with E-state index in [0.29, 0.717) is 17.8 Å². The Morgan fingerprint density at radius 1 is 0.909 bits per heavy atom. The van der Waals surface area contributed by atoms with Gasteiger partial charge < -0.3 is 10.6 Å². The molecule has 2 fully saturated rings. The fraction of sp³-hybridized carbons (Fsp3) is 0.667. The second kappa shape index (κ2) is 7.61. The van der Waals surface area contributed by atoms with E-state index in [9.17, 15) is 4.79 Å². The zero-order valence-electron chi connectivity index (χ0n) is 13.3. The van der Waals surface area contributed by atoms with E-state index in [4.69, 9.17) is 0 Å². The summed E-state index contributed by atoms with van der Waals surface area (Å²) < 4.78 is 0. The van der Waals surface area contributed by atoms with Crippen molar-refractivity contribution in [2.24, 2.45) is 0 Å². The Kier molecular flexibility index (Phi) is 5.30. The summed E-state index contributed by atoms with van der Waals surface area (Å²) in [6.07, 6.45) is 14.2. The number of nitrogens with one attached hydrogen (secondary N) is 2. The molecule has 0 unspecified atom stereocenters. The van der Waals surface area contributed by atoms with Crippen molar-refractivity contribution in [3.63, 3.8) is 0 Å². The van der Waals surface area contributed by atoms with Gasteiger partial charge in [0.15, 0.2) is 0 Å². The molecule has 22 heavy (non-hydrogen) atoms. The predicted molar refractivity (Wildman–Crippen MR) is 89.1 cm³/mol. The summed E-state index contributed by atoms with van der Waals surface area (Å²) in [6.45, 7) is 0. The van der Waals surface area contributed by atoms with Crippen molar-refractivity contribution in [1.29, 1.82) is 0 Å². The fourth-order valence-electron chi connectivity index (χ4n) is 3.60. The van der Waals surface area contributed by atoms with Gasteiger partial charge in [-0.1, -0.05) is 38.5 Å². The Hall–Kier alpha value is -1.58. The number of aromatic nitrogens is 1. The third kappa shape index (κ3) is 4.21. The largest absolute Gasteiger partial charge is 0.381 e. The second-order valence-electron chi connectivity index (χ2n) is 6.72. The molecule has 4 heteroatoms. The van der Waals surface area contributed by atoms with Crippen LogP contribution in [0.15, 0.2) is 18.3 Å². The van der Waals surface area contributed by atoms with Gasteiger partial charge in [-0.2, -0.15) is 0 Å². The quantitative estimate of drug-likeness (QED) is 0.830. The Morgan fingerprint density at radius 3 is 2.18 bits per heavy atom. The van der Waals surface area contributed by atoms with Crippen LogP contribution in [0.4, 0.5) is 5.69 Å². The van der Waals surface area contributed by atoms with Gasteiger partial charge in [-0.05, 0) is 37.8 Å². The molecule has 0 aliphatic heterocycles. The van der Waals surface area contributed by atoms with Gasteiger partial charge >= 0.3 is 0 Å². The third-order valence-corrected chi connectivity index (χ3v) is 4.91. The van der Waals surface area contributed by atoms with Crippen molar-refractivity contribution < 1.29 is 4.79 Å². The van der Waals surface area contributed by atoms with Crippen LogP contribution < -0.4 is 10.6 Å². The van der Waals surface area contributed by atoms with Gasteiger partial charge in [0.05, 0.1) is 11.9 Å². The summed E-state index contributed by atoms with van der Waals surface area (Å²) >= 11 is 0. The Balaban J connectivity index is 1.53. The third-order valence-electron chi connectivity index (χ3n) is 4.91. The summed E-state index contributed by atoms with van der Waals surface area (Å²) in [5.41, 5.74) is 1.55. The molecule has 0 aromatic carbocycles. The lowest BCUT2D eigenvalue weighted by atomic mass is 10.1. The van der Waals surface area contributed by atoms with E-state index in [1.807, 2.05) is 12.1 Å². The van der Waals surface area contributed by atoms with Crippen molar-refractivity contribution in [3.8, 4) is 0 Å². The van der Waals surface area contributed by atoms with E-state index in [1.54, 1.807) is 6.20 Å². The molecule has 0 saturated heterocycles. The van der Waals surface area contributed by atoms with E-state index in [-0.39, 0.29) is 5.91 Å². The molecule has 2 aliphatic rings. The maximum atomic E-state index is 12.3. The molecule has 0 radical (unpaired) electrons. The molecule has 1 heterocycles. The van der Waals surface area contributed by atoms with E-state index < -0.39 is 0 Å². The number of pyridine rings is 1. The molecular weight excluding hydrogens is 274 g/mol. The molecular formula is C18H27N3O. The van der Waals surface area contributed by atoms with Crippen LogP contribution in [-0.4, -0.2) is 23.0 Å². The summed E-state index contributed by atoms with van der Waals surface area (Å²) in [7, 11) is 0. The molecule has 1 aromatic heterocycles. The number of hydrogen-bond donors (Lipinski definition) is 2. The van der Waals surface area contributed by atoms with Crippen LogP contribution in [0, 0.1) is 0 Å². The second-order valence-corrected chi connectivity index (χ2v) is 6.72. The summed E-state index contributed by atoms with van der Waals surface area (Å²) in [5, 5.41) is 6.65. The molecule has 1 aromatic rings. The first-order valence-corrected chi connectivity index (χ1v) is 8.85. The highest BCUT2D eigenvalue weighted by atomic mass is 16.1. The average Bonchev–Trinajstić information content (AvgIpc) is 2.91. The molecule has 4 nitrogen and oxygen atoms in total. The SMILES string of the molecule is O=C(NC1CCCCCC1)c1ccc(NC2CCCC2)cn1. The van der Waals surface area contributed by atoms with E-state index in [2.05, 4.69) is 15.6 Å². The van der Waals surface area contributed by atoms with Gasteiger partial charge in [-0.25, -0.2) is 4.98 Å².